The molecular weight excluding hydrogens is 438 g/mol. The first-order valence-electron chi connectivity index (χ1n) is 10.2. The largest absolute Gasteiger partial charge is 0.490 e. The molecule has 1 aliphatic heterocycles. The molecule has 0 saturated carbocycles. The fraction of sp³-hybridized carbons (Fsp3) is 0.304. The maximum atomic E-state index is 12.9. The molecule has 32 heavy (non-hydrogen) atoms. The number of hydrogen-bond acceptors (Lipinski definition) is 5. The van der Waals surface area contributed by atoms with E-state index in [0.29, 0.717) is 43.2 Å². The summed E-state index contributed by atoms with van der Waals surface area (Å²) < 4.78 is 41.0. The number of thiocarbonyl (C=S) groups is 1. The summed E-state index contributed by atoms with van der Waals surface area (Å²) in [5.74, 6) is 0.962. The highest BCUT2D eigenvalue weighted by Gasteiger charge is 2.30. The van der Waals surface area contributed by atoms with E-state index in [9.17, 15) is 13.6 Å². The molecule has 0 atom stereocenters. The van der Waals surface area contributed by atoms with Gasteiger partial charge in [-0.15, -0.1) is 0 Å². The first kappa shape index (κ1) is 23.5. The Morgan fingerprint density at radius 3 is 2.50 bits per heavy atom. The van der Waals surface area contributed by atoms with Gasteiger partial charge in [-0.2, -0.15) is 8.78 Å². The lowest BCUT2D eigenvalue weighted by Gasteiger charge is -2.16. The lowest BCUT2D eigenvalue weighted by molar-refractivity contribution is -0.122. The molecule has 0 spiro atoms. The molecule has 2 aromatic carbocycles. The third kappa shape index (κ3) is 5.73. The van der Waals surface area contributed by atoms with E-state index in [-0.39, 0.29) is 22.5 Å². The van der Waals surface area contributed by atoms with Gasteiger partial charge in [-0.25, -0.2) is 0 Å². The van der Waals surface area contributed by atoms with Crippen LogP contribution in [0.25, 0.3) is 6.08 Å². The van der Waals surface area contributed by atoms with Gasteiger partial charge in [-0.3, -0.25) is 9.69 Å². The summed E-state index contributed by atoms with van der Waals surface area (Å²) in [6.07, 6.45) is 1.99. The van der Waals surface area contributed by atoms with Crippen LogP contribution in [0.4, 0.5) is 8.78 Å². The van der Waals surface area contributed by atoms with Gasteiger partial charge in [0.2, 0.25) is 0 Å². The van der Waals surface area contributed by atoms with Gasteiger partial charge >= 0.3 is 6.61 Å². The number of amides is 1. The number of para-hydroxylation sites is 1. The number of carbonyl (C=O) groups is 1. The van der Waals surface area contributed by atoms with E-state index in [1.807, 2.05) is 32.0 Å². The van der Waals surface area contributed by atoms with Crippen molar-refractivity contribution < 1.29 is 27.8 Å². The van der Waals surface area contributed by atoms with Gasteiger partial charge in [-0.05, 0) is 62.3 Å². The highest BCUT2D eigenvalue weighted by molar-refractivity contribution is 7.80. The van der Waals surface area contributed by atoms with Crippen LogP contribution in [0.15, 0.2) is 48.2 Å². The summed E-state index contributed by atoms with van der Waals surface area (Å²) in [5.41, 5.74) is 1.50. The average molecular weight is 463 g/mol. The summed E-state index contributed by atoms with van der Waals surface area (Å²) in [6, 6.07) is 11.9. The van der Waals surface area contributed by atoms with E-state index in [1.54, 1.807) is 18.2 Å². The van der Waals surface area contributed by atoms with Crippen molar-refractivity contribution in [2.45, 2.75) is 26.9 Å². The first-order valence-corrected chi connectivity index (χ1v) is 10.6. The van der Waals surface area contributed by atoms with Crippen LogP contribution in [0.5, 0.6) is 17.2 Å². The quantitative estimate of drug-likeness (QED) is 0.418. The second-order valence-electron chi connectivity index (χ2n) is 6.76. The molecule has 0 radical (unpaired) electrons. The van der Waals surface area contributed by atoms with Crippen molar-refractivity contribution in [3.8, 4) is 17.2 Å². The van der Waals surface area contributed by atoms with E-state index in [0.717, 1.165) is 5.56 Å². The maximum Gasteiger partial charge on any atom is 0.387 e. The molecule has 0 unspecified atom stereocenters. The molecule has 3 rings (SSSR count). The summed E-state index contributed by atoms with van der Waals surface area (Å²) in [4.78, 5) is 14.3. The second kappa shape index (κ2) is 10.9. The van der Waals surface area contributed by atoms with Gasteiger partial charge in [0.15, 0.2) is 16.6 Å². The molecular formula is C23H24F2N2O4S. The van der Waals surface area contributed by atoms with Crippen LogP contribution >= 0.6 is 12.2 Å². The van der Waals surface area contributed by atoms with Crippen molar-refractivity contribution >= 4 is 29.3 Å². The Kier molecular flexibility index (Phi) is 7.99. The lowest BCUT2D eigenvalue weighted by atomic mass is 10.1. The highest BCUT2D eigenvalue weighted by Crippen LogP contribution is 2.29. The van der Waals surface area contributed by atoms with Crippen LogP contribution in [0.3, 0.4) is 0 Å². The minimum Gasteiger partial charge on any atom is -0.490 e. The van der Waals surface area contributed by atoms with Crippen molar-refractivity contribution in [3.05, 3.63) is 59.3 Å². The predicted molar refractivity (Wildman–Crippen MR) is 121 cm³/mol. The van der Waals surface area contributed by atoms with Crippen LogP contribution in [-0.4, -0.2) is 42.3 Å². The lowest BCUT2D eigenvalue weighted by Crippen LogP contribution is -2.32. The summed E-state index contributed by atoms with van der Waals surface area (Å²) in [7, 11) is 0. The molecule has 0 aliphatic carbocycles. The molecule has 1 aliphatic rings. The fourth-order valence-corrected chi connectivity index (χ4v) is 3.51. The van der Waals surface area contributed by atoms with Crippen LogP contribution in [0.2, 0.25) is 0 Å². The molecule has 0 bridgehead atoms. The average Bonchev–Trinajstić information content (AvgIpc) is 3.02. The Labute approximate surface area is 190 Å². The van der Waals surface area contributed by atoms with E-state index in [1.165, 1.54) is 17.0 Å². The number of halogens is 2. The summed E-state index contributed by atoms with van der Waals surface area (Å²) in [6.45, 7) is 2.22. The number of hydrogen-bond donors (Lipinski definition) is 1. The smallest absolute Gasteiger partial charge is 0.387 e. The highest BCUT2D eigenvalue weighted by atomic mass is 32.1. The summed E-state index contributed by atoms with van der Waals surface area (Å²) in [5, 5.41) is 3.11. The monoisotopic (exact) mass is 462 g/mol. The topological polar surface area (TPSA) is 60.0 Å². The Balaban J connectivity index is 1.72. The van der Waals surface area contributed by atoms with Gasteiger partial charge in [0.05, 0.1) is 13.2 Å². The standard InChI is InChI=1S/C23H24F2N2O4S/c1-3-29-19-10-9-15(13-20(19)30-4-2)11-12-27-21(28)17(26-23(27)32)14-16-7-5-6-8-18(16)31-22(24)25/h5-10,13-14,22H,3-4,11-12H2,1-2H3,(H,26,32)/b17-14+. The van der Waals surface area contributed by atoms with Crippen LogP contribution < -0.4 is 19.5 Å². The number of ether oxygens (including phenoxy) is 3. The van der Waals surface area contributed by atoms with Crippen molar-refractivity contribution in [2.24, 2.45) is 0 Å². The van der Waals surface area contributed by atoms with E-state index < -0.39 is 6.61 Å². The minimum absolute atomic E-state index is 0.0215. The fourth-order valence-electron chi connectivity index (χ4n) is 3.23. The Bertz CT molecular complexity index is 1010. The molecule has 6 nitrogen and oxygen atoms in total. The van der Waals surface area contributed by atoms with Crippen LogP contribution in [-0.2, 0) is 11.2 Å². The molecule has 0 aromatic heterocycles. The normalized spacial score (nSPS) is 14.8. The van der Waals surface area contributed by atoms with E-state index in [2.05, 4.69) is 10.1 Å². The van der Waals surface area contributed by atoms with Gasteiger partial charge < -0.3 is 19.5 Å². The Morgan fingerprint density at radius 1 is 1.06 bits per heavy atom. The molecule has 2 aromatic rings. The molecule has 1 heterocycles. The number of alkyl halides is 2. The Hall–Kier alpha value is -3.20. The molecule has 1 saturated heterocycles. The predicted octanol–water partition coefficient (Wildman–Crippen LogP) is 4.39. The number of nitrogens with zero attached hydrogens (tertiary/aromatic N) is 1. The zero-order chi connectivity index (χ0) is 23.1. The third-order valence-corrected chi connectivity index (χ3v) is 4.95. The second-order valence-corrected chi connectivity index (χ2v) is 7.15. The van der Waals surface area contributed by atoms with Crippen molar-refractivity contribution in [1.82, 2.24) is 10.2 Å². The third-order valence-electron chi connectivity index (χ3n) is 4.63. The number of benzene rings is 2. The maximum absolute atomic E-state index is 12.9. The van der Waals surface area contributed by atoms with E-state index in [4.69, 9.17) is 21.7 Å². The zero-order valence-corrected chi connectivity index (χ0v) is 18.6. The molecule has 1 N–H and O–H groups in total. The van der Waals surface area contributed by atoms with Crippen molar-refractivity contribution in [2.75, 3.05) is 19.8 Å². The minimum atomic E-state index is -2.96. The molecule has 9 heteroatoms. The van der Waals surface area contributed by atoms with E-state index >= 15 is 0 Å². The van der Waals surface area contributed by atoms with Crippen LogP contribution in [0.1, 0.15) is 25.0 Å². The first-order chi connectivity index (χ1) is 15.4. The van der Waals surface area contributed by atoms with Gasteiger partial charge in [0.25, 0.3) is 5.91 Å². The number of carbonyl (C=O) groups excluding carboxylic acids is 1. The molecule has 1 fully saturated rings. The SMILES string of the molecule is CCOc1ccc(CCN2C(=O)/C(=C\c3ccccc3OC(F)F)NC2=S)cc1OCC. The Morgan fingerprint density at radius 2 is 1.78 bits per heavy atom. The molecule has 170 valence electrons. The molecule has 1 amide bonds. The van der Waals surface area contributed by atoms with Gasteiger partial charge in [-0.1, -0.05) is 24.3 Å². The number of nitrogens with one attached hydrogen (secondary N) is 1. The summed E-state index contributed by atoms with van der Waals surface area (Å²) >= 11 is 5.31. The van der Waals surface area contributed by atoms with Crippen LogP contribution in [0, 0.1) is 0 Å². The zero-order valence-electron chi connectivity index (χ0n) is 17.8. The van der Waals surface area contributed by atoms with Crippen molar-refractivity contribution in [3.63, 3.8) is 0 Å². The van der Waals surface area contributed by atoms with Gasteiger partial charge in [0, 0.05) is 12.1 Å². The number of rotatable bonds is 10. The van der Waals surface area contributed by atoms with Crippen molar-refractivity contribution in [1.29, 1.82) is 0 Å². The van der Waals surface area contributed by atoms with Gasteiger partial charge in [0.1, 0.15) is 11.4 Å².